The second-order valence-electron chi connectivity index (χ2n) is 6.41. The van der Waals surface area contributed by atoms with Crippen molar-refractivity contribution in [1.29, 1.82) is 0 Å². The van der Waals surface area contributed by atoms with Gasteiger partial charge in [-0.2, -0.15) is 0 Å². The number of amides is 2. The molecular formula is C18H17FN2O4S. The van der Waals surface area contributed by atoms with Gasteiger partial charge in [-0.15, -0.1) is 0 Å². The number of urea groups is 1. The molecule has 0 bridgehead atoms. The molecule has 2 fully saturated rings. The van der Waals surface area contributed by atoms with E-state index < -0.39 is 27.7 Å². The molecule has 2 aromatic carbocycles. The zero-order valence-electron chi connectivity index (χ0n) is 14.0. The van der Waals surface area contributed by atoms with Crippen LogP contribution >= 0.6 is 0 Å². The first-order valence-electron chi connectivity index (χ1n) is 8.12. The number of fused-ring (bicyclic) bond motifs is 1. The second-order valence-corrected chi connectivity index (χ2v) is 8.56. The molecule has 0 spiro atoms. The van der Waals surface area contributed by atoms with E-state index in [1.807, 2.05) is 0 Å². The van der Waals surface area contributed by atoms with Crippen LogP contribution in [0, 0.1) is 5.82 Å². The summed E-state index contributed by atoms with van der Waals surface area (Å²) in [6.45, 7) is 0. The zero-order valence-corrected chi connectivity index (χ0v) is 14.8. The van der Waals surface area contributed by atoms with E-state index in [4.69, 9.17) is 4.74 Å². The predicted octanol–water partition coefficient (Wildman–Crippen LogP) is 2.45. The van der Waals surface area contributed by atoms with Gasteiger partial charge < -0.3 is 4.74 Å². The molecule has 26 heavy (non-hydrogen) atoms. The molecule has 0 radical (unpaired) electrons. The predicted molar refractivity (Wildman–Crippen MR) is 96.0 cm³/mol. The Hall–Kier alpha value is -2.61. The zero-order chi connectivity index (χ0) is 18.5. The Morgan fingerprint density at radius 2 is 1.38 bits per heavy atom. The first kappa shape index (κ1) is 16.8. The molecule has 8 heteroatoms. The summed E-state index contributed by atoms with van der Waals surface area (Å²) in [5.74, 6) is 0.0370. The minimum Gasteiger partial charge on any atom is -0.497 e. The number of nitrogens with zero attached hydrogens (tertiary/aromatic N) is 2. The van der Waals surface area contributed by atoms with Crippen LogP contribution in [-0.2, 0) is 9.84 Å². The Morgan fingerprint density at radius 1 is 0.923 bits per heavy atom. The van der Waals surface area contributed by atoms with Gasteiger partial charge in [-0.1, -0.05) is 0 Å². The third-order valence-corrected chi connectivity index (χ3v) is 6.52. The van der Waals surface area contributed by atoms with Gasteiger partial charge in [0, 0.05) is 11.4 Å². The van der Waals surface area contributed by atoms with Crippen molar-refractivity contribution in [2.45, 2.75) is 12.1 Å². The van der Waals surface area contributed by atoms with Crippen LogP contribution in [0.1, 0.15) is 0 Å². The van der Waals surface area contributed by atoms with Gasteiger partial charge >= 0.3 is 6.03 Å². The van der Waals surface area contributed by atoms with Crippen LogP contribution in [0.4, 0.5) is 20.6 Å². The molecule has 2 saturated heterocycles. The molecule has 2 atom stereocenters. The lowest BCUT2D eigenvalue weighted by molar-refractivity contribution is 0.255. The minimum absolute atomic E-state index is 0.0901. The number of halogens is 1. The van der Waals surface area contributed by atoms with Gasteiger partial charge in [0.15, 0.2) is 9.84 Å². The molecule has 2 amide bonds. The van der Waals surface area contributed by atoms with Crippen molar-refractivity contribution in [2.24, 2.45) is 0 Å². The van der Waals surface area contributed by atoms with E-state index in [1.54, 1.807) is 31.4 Å². The van der Waals surface area contributed by atoms with Gasteiger partial charge in [-0.3, -0.25) is 9.80 Å². The van der Waals surface area contributed by atoms with E-state index >= 15 is 0 Å². The highest BCUT2D eigenvalue weighted by atomic mass is 32.2. The van der Waals surface area contributed by atoms with Gasteiger partial charge in [-0.05, 0) is 48.5 Å². The number of sulfone groups is 1. The minimum atomic E-state index is -3.27. The molecular weight excluding hydrogens is 359 g/mol. The van der Waals surface area contributed by atoms with Crippen LogP contribution in [0.2, 0.25) is 0 Å². The van der Waals surface area contributed by atoms with Crippen LogP contribution in [0.15, 0.2) is 48.5 Å². The molecule has 4 rings (SSSR count). The molecule has 2 aliphatic rings. The Morgan fingerprint density at radius 3 is 1.85 bits per heavy atom. The Labute approximate surface area is 150 Å². The van der Waals surface area contributed by atoms with Crippen molar-refractivity contribution in [3.05, 3.63) is 54.3 Å². The van der Waals surface area contributed by atoms with E-state index in [0.717, 1.165) is 0 Å². The number of anilines is 2. The van der Waals surface area contributed by atoms with Gasteiger partial charge in [0.2, 0.25) is 0 Å². The number of rotatable bonds is 3. The van der Waals surface area contributed by atoms with E-state index in [-0.39, 0.29) is 17.5 Å². The number of carbonyl (C=O) groups excluding carboxylic acids is 1. The van der Waals surface area contributed by atoms with Crippen molar-refractivity contribution in [2.75, 3.05) is 28.4 Å². The summed E-state index contributed by atoms with van der Waals surface area (Å²) in [6, 6.07) is 11.1. The lowest BCUT2D eigenvalue weighted by atomic mass is 10.1. The highest BCUT2D eigenvalue weighted by Gasteiger charge is 2.54. The van der Waals surface area contributed by atoms with E-state index in [2.05, 4.69) is 0 Å². The third-order valence-electron chi connectivity index (χ3n) is 4.82. The van der Waals surface area contributed by atoms with Crippen molar-refractivity contribution in [3.63, 3.8) is 0 Å². The van der Waals surface area contributed by atoms with Crippen molar-refractivity contribution < 1.29 is 22.3 Å². The van der Waals surface area contributed by atoms with E-state index in [1.165, 1.54) is 34.1 Å². The van der Waals surface area contributed by atoms with Gasteiger partial charge in [-0.25, -0.2) is 17.6 Å². The number of carbonyl (C=O) groups is 1. The average Bonchev–Trinajstić information content (AvgIpc) is 3.05. The first-order chi connectivity index (χ1) is 12.4. The van der Waals surface area contributed by atoms with Crippen LogP contribution in [0.3, 0.4) is 0 Å². The van der Waals surface area contributed by atoms with E-state index in [9.17, 15) is 17.6 Å². The number of benzene rings is 2. The van der Waals surface area contributed by atoms with Crippen LogP contribution in [0.25, 0.3) is 0 Å². The highest BCUT2D eigenvalue weighted by molar-refractivity contribution is 7.91. The fraction of sp³-hybridized carbons (Fsp3) is 0.278. The molecule has 0 aromatic heterocycles. The maximum Gasteiger partial charge on any atom is 0.329 e. The summed E-state index contributed by atoms with van der Waals surface area (Å²) >= 11 is 0. The van der Waals surface area contributed by atoms with Gasteiger partial charge in [0.25, 0.3) is 0 Å². The lowest BCUT2D eigenvalue weighted by Gasteiger charge is -2.22. The number of hydrogen-bond acceptors (Lipinski definition) is 4. The normalized spacial score (nSPS) is 24.0. The topological polar surface area (TPSA) is 66.9 Å². The summed E-state index contributed by atoms with van der Waals surface area (Å²) in [5.41, 5.74) is 1.09. The van der Waals surface area contributed by atoms with Crippen molar-refractivity contribution in [3.8, 4) is 5.75 Å². The molecule has 0 saturated carbocycles. The Kier molecular flexibility index (Phi) is 3.87. The lowest BCUT2D eigenvalue weighted by Crippen LogP contribution is -2.37. The Bertz CT molecular complexity index is 944. The summed E-state index contributed by atoms with van der Waals surface area (Å²) in [4.78, 5) is 16.1. The van der Waals surface area contributed by atoms with Crippen LogP contribution in [0.5, 0.6) is 5.75 Å². The molecule has 2 aliphatic heterocycles. The molecule has 136 valence electrons. The molecule has 0 aliphatic carbocycles. The average molecular weight is 376 g/mol. The summed E-state index contributed by atoms with van der Waals surface area (Å²) < 4.78 is 42.8. The Balaban J connectivity index is 1.77. The summed E-state index contributed by atoms with van der Waals surface area (Å²) in [7, 11) is -1.72. The quantitative estimate of drug-likeness (QED) is 0.772. The van der Waals surface area contributed by atoms with Crippen LogP contribution in [-0.4, -0.2) is 45.1 Å². The molecule has 2 heterocycles. The molecule has 2 aromatic rings. The maximum absolute atomic E-state index is 13.3. The smallest absolute Gasteiger partial charge is 0.329 e. The third kappa shape index (κ3) is 2.70. The second kappa shape index (κ2) is 5.98. The standard InChI is InChI=1S/C18H17FN2O4S/c1-25-15-8-6-14(7-9-15)21-17-11-26(23,24)10-16(17)20(18(21)22)13-4-2-12(19)3-5-13/h2-9,16-17H,10-11H2,1H3/t16-,17+/m1/s1. The van der Waals surface area contributed by atoms with Crippen LogP contribution < -0.4 is 14.5 Å². The number of ether oxygens (including phenoxy) is 1. The van der Waals surface area contributed by atoms with Gasteiger partial charge in [0.1, 0.15) is 11.6 Å². The fourth-order valence-corrected chi connectivity index (χ4v) is 5.57. The maximum atomic E-state index is 13.3. The largest absolute Gasteiger partial charge is 0.497 e. The monoisotopic (exact) mass is 376 g/mol. The highest BCUT2D eigenvalue weighted by Crippen LogP contribution is 2.38. The molecule has 6 nitrogen and oxygen atoms in total. The van der Waals surface area contributed by atoms with E-state index in [0.29, 0.717) is 17.1 Å². The number of methoxy groups -OCH3 is 1. The fourth-order valence-electron chi connectivity index (χ4n) is 3.65. The van der Waals surface area contributed by atoms with Gasteiger partial charge in [0.05, 0.1) is 30.7 Å². The van der Waals surface area contributed by atoms with Crippen molar-refractivity contribution in [1.82, 2.24) is 0 Å². The summed E-state index contributed by atoms with van der Waals surface area (Å²) in [6.07, 6.45) is 0. The SMILES string of the molecule is COc1ccc(N2C(=O)N(c3ccc(F)cc3)[C@@H]3CS(=O)(=O)C[C@@H]32)cc1. The number of hydrogen-bond donors (Lipinski definition) is 0. The first-order valence-corrected chi connectivity index (χ1v) is 9.94. The molecule has 0 unspecified atom stereocenters. The van der Waals surface area contributed by atoms with Crippen molar-refractivity contribution >= 4 is 27.2 Å². The molecule has 0 N–H and O–H groups in total. The summed E-state index contributed by atoms with van der Waals surface area (Å²) in [5, 5.41) is 0.